The number of hydrogen-bond acceptors (Lipinski definition) is 2. The van der Waals surface area contributed by atoms with E-state index in [0.717, 1.165) is 32.1 Å². The second kappa shape index (κ2) is 7.71. The maximum atomic E-state index is 11.9. The van der Waals surface area contributed by atoms with Crippen molar-refractivity contribution >= 4 is 15.0 Å². The highest BCUT2D eigenvalue weighted by molar-refractivity contribution is 8.20. The van der Waals surface area contributed by atoms with Gasteiger partial charge in [0, 0.05) is 12.3 Å². The van der Waals surface area contributed by atoms with Crippen molar-refractivity contribution in [2.24, 2.45) is 0 Å². The maximum absolute atomic E-state index is 11.9. The zero-order valence-corrected chi connectivity index (χ0v) is 10.4. The third-order valence-electron chi connectivity index (χ3n) is 2.12. The quantitative estimate of drug-likeness (QED) is 0.446. The zero-order valence-electron chi connectivity index (χ0n) is 8.66. The van der Waals surface area contributed by atoms with E-state index < -0.39 is 6.83 Å². The first-order valence-corrected chi connectivity index (χ1v) is 8.71. The molecule has 0 spiro atoms. The summed E-state index contributed by atoms with van der Waals surface area (Å²) in [4.78, 5) is 0. The smallest absolute Gasteiger partial charge is 0.222 e. The minimum absolute atomic E-state index is 0.102. The van der Waals surface area contributed by atoms with Crippen molar-refractivity contribution in [2.75, 3.05) is 12.3 Å². The van der Waals surface area contributed by atoms with Crippen LogP contribution in [0.5, 0.6) is 0 Å². The standard InChI is InChI=1S/C9H20O2P2/c1-3-5-7-9-13(11,12-10)8-6-4-2/h3-9H2,1-2H3. The summed E-state index contributed by atoms with van der Waals surface area (Å²) in [7, 11) is -0.102. The Bertz CT molecular complexity index is 180. The molecule has 0 aromatic carbocycles. The van der Waals surface area contributed by atoms with Crippen molar-refractivity contribution in [2.45, 2.75) is 46.0 Å². The lowest BCUT2D eigenvalue weighted by Crippen LogP contribution is -1.90. The third-order valence-corrected chi connectivity index (χ3v) is 6.54. The highest BCUT2D eigenvalue weighted by Gasteiger charge is 2.20. The molecule has 0 aromatic rings. The molecule has 0 fully saturated rings. The Balaban J connectivity index is 3.82. The van der Waals surface area contributed by atoms with E-state index in [1.807, 2.05) is 0 Å². The molecule has 0 rings (SSSR count). The summed E-state index contributed by atoms with van der Waals surface area (Å²) in [6.45, 7) is 1.85. The molecule has 0 aromatic heterocycles. The topological polar surface area (TPSA) is 34.1 Å². The van der Waals surface area contributed by atoms with Crippen LogP contribution in [0.2, 0.25) is 0 Å². The Hall–Kier alpha value is 0.330. The Kier molecular flexibility index (Phi) is 7.90. The van der Waals surface area contributed by atoms with Crippen LogP contribution in [0.25, 0.3) is 0 Å². The predicted octanol–water partition coefficient (Wildman–Crippen LogP) is 4.55. The average Bonchev–Trinajstić information content (AvgIpc) is 2.15. The van der Waals surface area contributed by atoms with Crippen LogP contribution in [0, 0.1) is 0 Å². The fourth-order valence-corrected chi connectivity index (χ4v) is 4.46. The van der Waals surface area contributed by atoms with Crippen LogP contribution in [-0.4, -0.2) is 12.3 Å². The fourth-order valence-electron chi connectivity index (χ4n) is 1.21. The van der Waals surface area contributed by atoms with Gasteiger partial charge in [-0.25, -0.2) is 0 Å². The van der Waals surface area contributed by atoms with Crippen LogP contribution in [0.1, 0.15) is 46.0 Å². The monoisotopic (exact) mass is 222 g/mol. The molecule has 0 aliphatic heterocycles. The highest BCUT2D eigenvalue weighted by Crippen LogP contribution is 2.58. The van der Waals surface area contributed by atoms with Crippen molar-refractivity contribution in [3.8, 4) is 0 Å². The van der Waals surface area contributed by atoms with Gasteiger partial charge in [-0.05, 0) is 12.8 Å². The van der Waals surface area contributed by atoms with Gasteiger partial charge in [0.25, 0.3) is 0 Å². The molecule has 13 heavy (non-hydrogen) atoms. The minimum atomic E-state index is -2.33. The molecular weight excluding hydrogens is 202 g/mol. The summed E-state index contributed by atoms with van der Waals surface area (Å²) in [5, 5.41) is 0. The zero-order chi connectivity index (χ0) is 10.2. The van der Waals surface area contributed by atoms with Gasteiger partial charge in [-0.1, -0.05) is 33.1 Å². The molecule has 1 unspecified atom stereocenters. The number of rotatable bonds is 8. The predicted molar refractivity (Wildman–Crippen MR) is 59.4 cm³/mol. The Morgan fingerprint density at radius 1 is 1.00 bits per heavy atom. The van der Waals surface area contributed by atoms with Crippen LogP contribution < -0.4 is 0 Å². The molecule has 0 aliphatic carbocycles. The molecule has 2 nitrogen and oxygen atoms in total. The van der Waals surface area contributed by atoms with E-state index in [1.54, 1.807) is 0 Å². The van der Waals surface area contributed by atoms with Gasteiger partial charge in [-0.3, -0.25) is 4.57 Å². The lowest BCUT2D eigenvalue weighted by molar-refractivity contribution is 0.571. The van der Waals surface area contributed by atoms with Gasteiger partial charge in [0.05, 0.1) is 0 Å². The molecule has 0 saturated carbocycles. The summed E-state index contributed by atoms with van der Waals surface area (Å²) >= 11 is 0. The van der Waals surface area contributed by atoms with E-state index >= 15 is 0 Å². The first kappa shape index (κ1) is 13.3. The second-order valence-corrected chi connectivity index (χ2v) is 8.86. The van der Waals surface area contributed by atoms with Gasteiger partial charge in [-0.15, -0.1) is 0 Å². The van der Waals surface area contributed by atoms with E-state index in [0.29, 0.717) is 12.3 Å². The van der Waals surface area contributed by atoms with Crippen LogP contribution >= 0.6 is 15.0 Å². The van der Waals surface area contributed by atoms with Gasteiger partial charge >= 0.3 is 0 Å². The Labute approximate surface area is 83.0 Å². The van der Waals surface area contributed by atoms with Crippen LogP contribution in [-0.2, 0) is 9.13 Å². The van der Waals surface area contributed by atoms with Gasteiger partial charge in [0.1, 0.15) is 0 Å². The molecule has 0 bridgehead atoms. The number of unbranched alkanes of at least 4 members (excludes halogenated alkanes) is 3. The molecule has 4 heteroatoms. The third kappa shape index (κ3) is 6.41. The van der Waals surface area contributed by atoms with E-state index in [4.69, 9.17) is 0 Å². The Morgan fingerprint density at radius 3 is 2.00 bits per heavy atom. The van der Waals surface area contributed by atoms with Crippen molar-refractivity contribution in [3.63, 3.8) is 0 Å². The minimum Gasteiger partial charge on any atom is -0.311 e. The van der Waals surface area contributed by atoms with E-state index in [9.17, 15) is 9.13 Å². The van der Waals surface area contributed by atoms with Gasteiger partial charge < -0.3 is 4.57 Å². The first-order chi connectivity index (χ1) is 6.18. The molecular formula is C9H20O2P2. The van der Waals surface area contributed by atoms with Crippen molar-refractivity contribution in [1.29, 1.82) is 0 Å². The summed E-state index contributed by atoms with van der Waals surface area (Å²) in [5.41, 5.74) is 0. The molecule has 1 atom stereocenters. The first-order valence-electron chi connectivity index (χ1n) is 5.11. The molecule has 0 aliphatic rings. The summed E-state index contributed by atoms with van der Waals surface area (Å²) in [6.07, 6.45) is 6.51. The molecule has 0 amide bonds. The second-order valence-electron chi connectivity index (χ2n) is 3.44. The molecule has 0 heterocycles. The van der Waals surface area contributed by atoms with Crippen LogP contribution in [0.15, 0.2) is 0 Å². The van der Waals surface area contributed by atoms with Crippen molar-refractivity contribution in [1.82, 2.24) is 0 Å². The lowest BCUT2D eigenvalue weighted by atomic mass is 10.3. The average molecular weight is 222 g/mol. The number of hydrogen-bond donors (Lipinski definition) is 0. The molecule has 0 saturated heterocycles. The molecule has 0 N–H and O–H groups in total. The molecule has 0 radical (unpaired) electrons. The van der Waals surface area contributed by atoms with E-state index in [-0.39, 0.29) is 8.15 Å². The van der Waals surface area contributed by atoms with Crippen molar-refractivity contribution < 1.29 is 9.13 Å². The van der Waals surface area contributed by atoms with E-state index in [2.05, 4.69) is 13.8 Å². The summed E-state index contributed by atoms with van der Waals surface area (Å²) in [5.74, 6) is 0. The SMILES string of the molecule is CCCCCP(=O)(CCCC)P=O. The maximum Gasteiger partial charge on any atom is 0.222 e. The van der Waals surface area contributed by atoms with E-state index in [1.165, 1.54) is 0 Å². The summed E-state index contributed by atoms with van der Waals surface area (Å²) < 4.78 is 22.7. The largest absolute Gasteiger partial charge is 0.311 e. The highest BCUT2D eigenvalue weighted by atomic mass is 32.1. The lowest BCUT2D eigenvalue weighted by Gasteiger charge is -2.08. The molecule has 78 valence electrons. The van der Waals surface area contributed by atoms with Gasteiger partial charge in [0.15, 0.2) is 6.83 Å². The van der Waals surface area contributed by atoms with Gasteiger partial charge in [-0.2, -0.15) is 0 Å². The van der Waals surface area contributed by atoms with Gasteiger partial charge in [0.2, 0.25) is 8.15 Å². The summed E-state index contributed by atoms with van der Waals surface area (Å²) in [6, 6.07) is 0. The van der Waals surface area contributed by atoms with Crippen molar-refractivity contribution in [3.05, 3.63) is 0 Å². The van der Waals surface area contributed by atoms with Crippen LogP contribution in [0.3, 0.4) is 0 Å². The van der Waals surface area contributed by atoms with Crippen LogP contribution in [0.4, 0.5) is 0 Å². The Morgan fingerprint density at radius 2 is 1.54 bits per heavy atom. The normalized spacial score (nSPS) is 15.8. The fraction of sp³-hybridized carbons (Fsp3) is 1.00.